The van der Waals surface area contributed by atoms with Crippen LogP contribution in [0.2, 0.25) is 0 Å². The fraction of sp³-hybridized carbons (Fsp3) is 0.385. The van der Waals surface area contributed by atoms with E-state index in [0.29, 0.717) is 11.4 Å². The Labute approximate surface area is 104 Å². The number of halogens is 1. The molecule has 0 amide bonds. The summed E-state index contributed by atoms with van der Waals surface area (Å²) in [6, 6.07) is 6.46. The number of aliphatic hydroxyl groups is 1. The molecule has 4 nitrogen and oxygen atoms in total. The van der Waals surface area contributed by atoms with E-state index >= 15 is 0 Å². The highest BCUT2D eigenvalue weighted by molar-refractivity contribution is 5.55. The number of hydrogen-bond acceptors (Lipinski definition) is 3. The van der Waals surface area contributed by atoms with E-state index in [1.807, 2.05) is 0 Å². The van der Waals surface area contributed by atoms with Gasteiger partial charge in [-0.25, -0.2) is 14.1 Å². The van der Waals surface area contributed by atoms with Crippen LogP contribution >= 0.6 is 0 Å². The van der Waals surface area contributed by atoms with E-state index in [1.54, 1.807) is 22.9 Å². The molecular weight excluding hydrogens is 233 g/mol. The molecule has 2 aromatic rings. The molecule has 2 heterocycles. The van der Waals surface area contributed by atoms with Crippen LogP contribution in [-0.2, 0) is 6.42 Å². The predicted molar refractivity (Wildman–Crippen MR) is 64.5 cm³/mol. The van der Waals surface area contributed by atoms with Crippen molar-refractivity contribution in [3.63, 3.8) is 0 Å². The highest BCUT2D eigenvalue weighted by Crippen LogP contribution is 2.26. The van der Waals surface area contributed by atoms with Crippen LogP contribution < -0.4 is 0 Å². The number of benzene rings is 1. The van der Waals surface area contributed by atoms with E-state index in [9.17, 15) is 9.50 Å². The van der Waals surface area contributed by atoms with Gasteiger partial charge in [-0.05, 0) is 25.0 Å². The molecule has 1 unspecified atom stereocenters. The minimum absolute atomic E-state index is 0.0261. The van der Waals surface area contributed by atoms with Crippen LogP contribution in [0.1, 0.15) is 24.7 Å². The molecule has 0 bridgehead atoms. The first kappa shape index (κ1) is 11.3. The summed E-state index contributed by atoms with van der Waals surface area (Å²) < 4.78 is 15.4. The van der Waals surface area contributed by atoms with E-state index < -0.39 is 0 Å². The van der Waals surface area contributed by atoms with Crippen molar-refractivity contribution in [2.24, 2.45) is 0 Å². The van der Waals surface area contributed by atoms with Gasteiger partial charge in [-0.2, -0.15) is 5.10 Å². The average molecular weight is 247 g/mol. The van der Waals surface area contributed by atoms with Crippen LogP contribution in [0.4, 0.5) is 4.39 Å². The van der Waals surface area contributed by atoms with E-state index in [0.717, 1.165) is 25.1 Å². The van der Waals surface area contributed by atoms with Crippen LogP contribution in [0.5, 0.6) is 0 Å². The quantitative estimate of drug-likeness (QED) is 0.882. The molecule has 0 fully saturated rings. The normalized spacial score (nSPS) is 18.7. The van der Waals surface area contributed by atoms with Gasteiger partial charge in [0.25, 0.3) is 0 Å². The Kier molecular flexibility index (Phi) is 2.83. The predicted octanol–water partition coefficient (Wildman–Crippen LogP) is 1.95. The fourth-order valence-corrected chi connectivity index (χ4v) is 2.36. The maximum Gasteiger partial charge on any atom is 0.184 e. The molecule has 0 saturated heterocycles. The van der Waals surface area contributed by atoms with Gasteiger partial charge in [-0.15, -0.1) is 0 Å². The molecule has 18 heavy (non-hydrogen) atoms. The van der Waals surface area contributed by atoms with Gasteiger partial charge < -0.3 is 5.11 Å². The number of fused-ring (bicyclic) bond motifs is 1. The summed E-state index contributed by atoms with van der Waals surface area (Å²) in [5.41, 5.74) is 0.413. The SMILES string of the molecule is OCC1CCCc2nc(-c3ccccc3F)nn21. The third-order valence-corrected chi connectivity index (χ3v) is 3.31. The summed E-state index contributed by atoms with van der Waals surface area (Å²) in [5, 5.41) is 13.6. The highest BCUT2D eigenvalue weighted by Gasteiger charge is 2.23. The minimum atomic E-state index is -0.319. The Morgan fingerprint density at radius 2 is 2.22 bits per heavy atom. The van der Waals surface area contributed by atoms with Gasteiger partial charge in [0.1, 0.15) is 11.6 Å². The first-order valence-corrected chi connectivity index (χ1v) is 6.11. The van der Waals surface area contributed by atoms with E-state index in [1.165, 1.54) is 6.07 Å². The average Bonchev–Trinajstić information content (AvgIpc) is 2.82. The molecule has 0 radical (unpaired) electrons. The first-order chi connectivity index (χ1) is 8.79. The lowest BCUT2D eigenvalue weighted by Gasteiger charge is -2.20. The van der Waals surface area contributed by atoms with Crippen LogP contribution in [0, 0.1) is 5.82 Å². The topological polar surface area (TPSA) is 50.9 Å². The molecule has 0 saturated carbocycles. The number of aliphatic hydroxyl groups excluding tert-OH is 1. The monoisotopic (exact) mass is 247 g/mol. The lowest BCUT2D eigenvalue weighted by molar-refractivity contribution is 0.195. The molecule has 0 aliphatic carbocycles. The smallest absolute Gasteiger partial charge is 0.184 e. The van der Waals surface area contributed by atoms with Crippen LogP contribution in [0.3, 0.4) is 0 Å². The van der Waals surface area contributed by atoms with Gasteiger partial charge in [0.2, 0.25) is 0 Å². The third kappa shape index (κ3) is 1.80. The number of aryl methyl sites for hydroxylation is 1. The molecule has 1 aromatic heterocycles. The highest BCUT2D eigenvalue weighted by atomic mass is 19.1. The lowest BCUT2D eigenvalue weighted by atomic mass is 10.1. The summed E-state index contributed by atoms with van der Waals surface area (Å²) in [5.74, 6) is 0.919. The Balaban J connectivity index is 2.05. The van der Waals surface area contributed by atoms with Crippen molar-refractivity contribution in [3.05, 3.63) is 35.9 Å². The zero-order chi connectivity index (χ0) is 12.5. The fourth-order valence-electron chi connectivity index (χ4n) is 2.36. The Morgan fingerprint density at radius 3 is 3.00 bits per heavy atom. The number of aromatic nitrogens is 3. The maximum atomic E-state index is 13.7. The van der Waals surface area contributed by atoms with Crippen molar-refractivity contribution >= 4 is 0 Å². The summed E-state index contributed by atoms with van der Waals surface area (Å²) in [6.07, 6.45) is 2.71. The van der Waals surface area contributed by atoms with Gasteiger partial charge in [0.15, 0.2) is 5.82 Å². The van der Waals surface area contributed by atoms with Crippen molar-refractivity contribution in [2.45, 2.75) is 25.3 Å². The maximum absolute atomic E-state index is 13.7. The second kappa shape index (κ2) is 4.49. The standard InChI is InChI=1S/C13H14FN3O/c14-11-6-2-1-5-10(11)13-15-12-7-3-4-9(8-18)17(12)16-13/h1-2,5-6,9,18H,3-4,7-8H2. The number of nitrogens with zero attached hydrogens (tertiary/aromatic N) is 3. The molecular formula is C13H14FN3O. The van der Waals surface area contributed by atoms with Gasteiger partial charge in [0, 0.05) is 6.42 Å². The van der Waals surface area contributed by atoms with Crippen molar-refractivity contribution < 1.29 is 9.50 Å². The molecule has 1 aliphatic rings. The zero-order valence-electron chi connectivity index (χ0n) is 9.88. The van der Waals surface area contributed by atoms with E-state index in [2.05, 4.69) is 10.1 Å². The van der Waals surface area contributed by atoms with E-state index in [-0.39, 0.29) is 18.5 Å². The zero-order valence-corrected chi connectivity index (χ0v) is 9.88. The molecule has 1 atom stereocenters. The summed E-state index contributed by atoms with van der Waals surface area (Å²) in [6.45, 7) is 0.0487. The van der Waals surface area contributed by atoms with Crippen molar-refractivity contribution in [2.75, 3.05) is 6.61 Å². The molecule has 1 aliphatic heterocycles. The summed E-state index contributed by atoms with van der Waals surface area (Å²) in [7, 11) is 0. The van der Waals surface area contributed by atoms with Gasteiger partial charge in [-0.3, -0.25) is 0 Å². The van der Waals surface area contributed by atoms with Gasteiger partial charge in [-0.1, -0.05) is 12.1 Å². The lowest BCUT2D eigenvalue weighted by Crippen LogP contribution is -2.21. The molecule has 3 rings (SSSR count). The van der Waals surface area contributed by atoms with Crippen LogP contribution in [0.15, 0.2) is 24.3 Å². The molecule has 0 spiro atoms. The van der Waals surface area contributed by atoms with Crippen molar-refractivity contribution in [3.8, 4) is 11.4 Å². The number of hydrogen-bond donors (Lipinski definition) is 1. The van der Waals surface area contributed by atoms with Crippen LogP contribution in [-0.4, -0.2) is 26.5 Å². The van der Waals surface area contributed by atoms with Gasteiger partial charge in [0.05, 0.1) is 18.2 Å². The van der Waals surface area contributed by atoms with Crippen molar-refractivity contribution in [1.29, 1.82) is 0 Å². The first-order valence-electron chi connectivity index (χ1n) is 6.11. The summed E-state index contributed by atoms with van der Waals surface area (Å²) in [4.78, 5) is 4.38. The Hall–Kier alpha value is -1.75. The second-order valence-corrected chi connectivity index (χ2v) is 4.50. The molecule has 5 heteroatoms. The third-order valence-electron chi connectivity index (χ3n) is 3.31. The molecule has 1 aromatic carbocycles. The largest absolute Gasteiger partial charge is 0.394 e. The Morgan fingerprint density at radius 1 is 1.39 bits per heavy atom. The van der Waals surface area contributed by atoms with E-state index in [4.69, 9.17) is 0 Å². The Bertz CT molecular complexity index is 567. The molecule has 94 valence electrons. The van der Waals surface area contributed by atoms with Gasteiger partial charge >= 0.3 is 0 Å². The second-order valence-electron chi connectivity index (χ2n) is 4.50. The molecule has 1 N–H and O–H groups in total. The van der Waals surface area contributed by atoms with Crippen LogP contribution in [0.25, 0.3) is 11.4 Å². The summed E-state index contributed by atoms with van der Waals surface area (Å²) >= 11 is 0. The number of rotatable bonds is 2. The minimum Gasteiger partial charge on any atom is -0.394 e. The van der Waals surface area contributed by atoms with Crippen molar-refractivity contribution in [1.82, 2.24) is 14.8 Å².